The highest BCUT2D eigenvalue weighted by Crippen LogP contribution is 2.35. The Bertz CT molecular complexity index is 587. The van der Waals surface area contributed by atoms with Crippen LogP contribution in [0.3, 0.4) is 0 Å². The number of hydrogen-bond acceptors (Lipinski definition) is 2. The maximum atomic E-state index is 4.72. The third-order valence-corrected chi connectivity index (χ3v) is 4.34. The van der Waals surface area contributed by atoms with Crippen LogP contribution in [-0.2, 0) is 5.41 Å². The summed E-state index contributed by atoms with van der Waals surface area (Å²) in [6, 6.07) is 10.5. The SMILES string of the molecule is CC(C)(C)c1cnn(-c2ccccc2)c1C1CCNCC1. The summed E-state index contributed by atoms with van der Waals surface area (Å²) in [5, 5.41) is 8.19. The lowest BCUT2D eigenvalue weighted by Crippen LogP contribution is -2.29. The topological polar surface area (TPSA) is 29.9 Å². The van der Waals surface area contributed by atoms with E-state index < -0.39 is 0 Å². The first-order valence-electron chi connectivity index (χ1n) is 7.92. The molecule has 3 rings (SSSR count). The van der Waals surface area contributed by atoms with Gasteiger partial charge in [0, 0.05) is 5.92 Å². The molecule has 1 N–H and O–H groups in total. The zero-order chi connectivity index (χ0) is 14.9. The van der Waals surface area contributed by atoms with E-state index in [1.165, 1.54) is 29.8 Å². The molecule has 1 aliphatic heterocycles. The van der Waals surface area contributed by atoms with Crippen molar-refractivity contribution >= 4 is 0 Å². The Morgan fingerprint density at radius 3 is 2.38 bits per heavy atom. The summed E-state index contributed by atoms with van der Waals surface area (Å²) in [5.74, 6) is 0.600. The Kier molecular flexibility index (Phi) is 3.85. The highest BCUT2D eigenvalue weighted by Gasteiger charge is 2.28. The number of nitrogens with zero attached hydrogens (tertiary/aromatic N) is 2. The second kappa shape index (κ2) is 5.64. The second-order valence-corrected chi connectivity index (χ2v) is 6.97. The predicted octanol–water partition coefficient (Wildman–Crippen LogP) is 3.64. The maximum Gasteiger partial charge on any atom is 0.0649 e. The van der Waals surface area contributed by atoms with E-state index in [1.807, 2.05) is 0 Å². The first-order valence-corrected chi connectivity index (χ1v) is 7.92. The maximum absolute atomic E-state index is 4.72. The minimum absolute atomic E-state index is 0.132. The number of piperidine rings is 1. The molecule has 0 bridgehead atoms. The zero-order valence-corrected chi connectivity index (χ0v) is 13.3. The van der Waals surface area contributed by atoms with Gasteiger partial charge in [0.2, 0.25) is 0 Å². The second-order valence-electron chi connectivity index (χ2n) is 6.97. The van der Waals surface area contributed by atoms with Crippen LogP contribution in [0.15, 0.2) is 36.5 Å². The van der Waals surface area contributed by atoms with Crippen molar-refractivity contribution in [2.75, 3.05) is 13.1 Å². The van der Waals surface area contributed by atoms with Crippen LogP contribution in [0.25, 0.3) is 5.69 Å². The van der Waals surface area contributed by atoms with Gasteiger partial charge in [-0.15, -0.1) is 0 Å². The zero-order valence-electron chi connectivity index (χ0n) is 13.3. The van der Waals surface area contributed by atoms with Crippen molar-refractivity contribution in [2.45, 2.75) is 44.9 Å². The number of nitrogens with one attached hydrogen (secondary N) is 1. The smallest absolute Gasteiger partial charge is 0.0649 e. The molecule has 0 unspecified atom stereocenters. The quantitative estimate of drug-likeness (QED) is 0.912. The Hall–Kier alpha value is -1.61. The minimum Gasteiger partial charge on any atom is -0.317 e. The van der Waals surface area contributed by atoms with Gasteiger partial charge >= 0.3 is 0 Å². The monoisotopic (exact) mass is 283 g/mol. The van der Waals surface area contributed by atoms with Gasteiger partial charge < -0.3 is 5.32 Å². The van der Waals surface area contributed by atoms with Crippen LogP contribution < -0.4 is 5.32 Å². The molecular formula is C18H25N3. The van der Waals surface area contributed by atoms with Gasteiger partial charge in [-0.05, 0) is 49.0 Å². The van der Waals surface area contributed by atoms with Gasteiger partial charge in [0.1, 0.15) is 0 Å². The van der Waals surface area contributed by atoms with Gasteiger partial charge in [0.25, 0.3) is 0 Å². The lowest BCUT2D eigenvalue weighted by molar-refractivity contribution is 0.437. The molecule has 0 saturated carbocycles. The summed E-state index contributed by atoms with van der Waals surface area (Å²) in [7, 11) is 0. The molecule has 0 aliphatic carbocycles. The molecule has 1 aliphatic rings. The van der Waals surface area contributed by atoms with E-state index in [2.05, 4.69) is 67.3 Å². The Balaban J connectivity index is 2.10. The van der Waals surface area contributed by atoms with E-state index in [4.69, 9.17) is 5.10 Å². The van der Waals surface area contributed by atoms with Crippen molar-refractivity contribution in [1.29, 1.82) is 0 Å². The lowest BCUT2D eigenvalue weighted by Gasteiger charge is -2.28. The van der Waals surface area contributed by atoms with Gasteiger partial charge in [-0.1, -0.05) is 39.0 Å². The molecule has 1 aromatic carbocycles. The molecule has 21 heavy (non-hydrogen) atoms. The number of para-hydroxylation sites is 1. The first-order chi connectivity index (χ1) is 10.1. The van der Waals surface area contributed by atoms with Crippen molar-refractivity contribution in [3.05, 3.63) is 47.8 Å². The fourth-order valence-electron chi connectivity index (χ4n) is 3.20. The molecule has 0 amide bonds. The van der Waals surface area contributed by atoms with E-state index >= 15 is 0 Å². The molecule has 112 valence electrons. The fourth-order valence-corrected chi connectivity index (χ4v) is 3.20. The van der Waals surface area contributed by atoms with Gasteiger partial charge in [-0.3, -0.25) is 0 Å². The lowest BCUT2D eigenvalue weighted by atomic mass is 9.81. The van der Waals surface area contributed by atoms with Crippen molar-refractivity contribution in [3.63, 3.8) is 0 Å². The Morgan fingerprint density at radius 2 is 1.76 bits per heavy atom. The fraction of sp³-hybridized carbons (Fsp3) is 0.500. The Morgan fingerprint density at radius 1 is 1.10 bits per heavy atom. The number of hydrogen-bond donors (Lipinski definition) is 1. The van der Waals surface area contributed by atoms with Crippen molar-refractivity contribution in [2.24, 2.45) is 0 Å². The van der Waals surface area contributed by atoms with E-state index in [1.54, 1.807) is 0 Å². The summed E-state index contributed by atoms with van der Waals surface area (Å²) in [4.78, 5) is 0. The molecule has 0 spiro atoms. The molecule has 1 aromatic heterocycles. The van der Waals surface area contributed by atoms with Crippen LogP contribution in [0.2, 0.25) is 0 Å². The Labute approximate surface area is 127 Å². The van der Waals surface area contributed by atoms with E-state index in [0.29, 0.717) is 5.92 Å². The first kappa shape index (κ1) is 14.3. The molecule has 0 radical (unpaired) electrons. The van der Waals surface area contributed by atoms with Crippen molar-refractivity contribution < 1.29 is 0 Å². The summed E-state index contributed by atoms with van der Waals surface area (Å²) < 4.78 is 2.16. The highest BCUT2D eigenvalue weighted by molar-refractivity contribution is 5.39. The van der Waals surface area contributed by atoms with E-state index in [9.17, 15) is 0 Å². The molecule has 0 atom stereocenters. The van der Waals surface area contributed by atoms with Gasteiger partial charge in [0.15, 0.2) is 0 Å². The normalized spacial score (nSPS) is 17.1. The number of benzene rings is 1. The predicted molar refractivity (Wildman–Crippen MR) is 87.1 cm³/mol. The number of aromatic nitrogens is 2. The van der Waals surface area contributed by atoms with Gasteiger partial charge in [0.05, 0.1) is 17.6 Å². The largest absolute Gasteiger partial charge is 0.317 e. The van der Waals surface area contributed by atoms with Crippen LogP contribution in [-0.4, -0.2) is 22.9 Å². The summed E-state index contributed by atoms with van der Waals surface area (Å²) in [6.07, 6.45) is 4.47. The molecule has 2 aromatic rings. The number of rotatable bonds is 2. The summed E-state index contributed by atoms with van der Waals surface area (Å²) >= 11 is 0. The standard InChI is InChI=1S/C18H25N3/c1-18(2,3)16-13-20-21(15-7-5-4-6-8-15)17(16)14-9-11-19-12-10-14/h4-8,13-14,19H,9-12H2,1-3H3. The molecule has 1 fully saturated rings. The third kappa shape index (κ3) is 2.88. The van der Waals surface area contributed by atoms with Crippen molar-refractivity contribution in [3.8, 4) is 5.69 Å². The van der Waals surface area contributed by atoms with Crippen LogP contribution >= 0.6 is 0 Å². The van der Waals surface area contributed by atoms with Crippen LogP contribution in [0, 0.1) is 0 Å². The van der Waals surface area contributed by atoms with Gasteiger partial charge in [-0.25, -0.2) is 4.68 Å². The average Bonchev–Trinajstić information content (AvgIpc) is 2.94. The minimum atomic E-state index is 0.132. The van der Waals surface area contributed by atoms with E-state index in [0.717, 1.165) is 13.1 Å². The molecule has 3 nitrogen and oxygen atoms in total. The molecular weight excluding hydrogens is 258 g/mol. The van der Waals surface area contributed by atoms with Crippen LogP contribution in [0.1, 0.15) is 50.8 Å². The average molecular weight is 283 g/mol. The van der Waals surface area contributed by atoms with Crippen molar-refractivity contribution in [1.82, 2.24) is 15.1 Å². The van der Waals surface area contributed by atoms with Crippen LogP contribution in [0.4, 0.5) is 0 Å². The van der Waals surface area contributed by atoms with Crippen LogP contribution in [0.5, 0.6) is 0 Å². The molecule has 3 heteroatoms. The molecule has 1 saturated heterocycles. The van der Waals surface area contributed by atoms with Gasteiger partial charge in [-0.2, -0.15) is 5.10 Å². The summed E-state index contributed by atoms with van der Waals surface area (Å²) in [6.45, 7) is 9.06. The van der Waals surface area contributed by atoms with E-state index in [-0.39, 0.29) is 5.41 Å². The summed E-state index contributed by atoms with van der Waals surface area (Å²) in [5.41, 5.74) is 4.10. The third-order valence-electron chi connectivity index (χ3n) is 4.34. The highest BCUT2D eigenvalue weighted by atomic mass is 15.3. The molecule has 2 heterocycles.